The van der Waals surface area contributed by atoms with Gasteiger partial charge in [-0.1, -0.05) is 18.2 Å². The van der Waals surface area contributed by atoms with E-state index in [1.54, 1.807) is 29.2 Å². The van der Waals surface area contributed by atoms with E-state index in [0.29, 0.717) is 50.5 Å². The third kappa shape index (κ3) is 4.47. The van der Waals surface area contributed by atoms with Gasteiger partial charge in [0, 0.05) is 44.8 Å². The number of hydrogen-bond donors (Lipinski definition) is 1. The smallest absolute Gasteiger partial charge is 0.224 e. The Hall–Kier alpha value is -2.63. The van der Waals surface area contributed by atoms with Crippen LogP contribution in [0.2, 0.25) is 0 Å². The average molecular weight is 345 g/mol. The first-order valence-corrected chi connectivity index (χ1v) is 8.40. The summed E-state index contributed by atoms with van der Waals surface area (Å²) in [5.74, 6) is -0.487. The molecule has 3 rings (SSSR count). The highest BCUT2D eigenvalue weighted by Crippen LogP contribution is 2.20. The maximum atomic E-state index is 13.8. The Balaban J connectivity index is 1.45. The lowest BCUT2D eigenvalue weighted by molar-refractivity contribution is -0.131. The summed E-state index contributed by atoms with van der Waals surface area (Å²) in [4.78, 5) is 16.0. The molecule has 1 heterocycles. The molecular formula is C19H21F2N3O. The number of rotatable bonds is 5. The minimum absolute atomic E-state index is 0.0529. The van der Waals surface area contributed by atoms with Gasteiger partial charge in [-0.15, -0.1) is 0 Å². The first-order valence-electron chi connectivity index (χ1n) is 8.40. The van der Waals surface area contributed by atoms with Crippen LogP contribution in [-0.2, 0) is 4.79 Å². The van der Waals surface area contributed by atoms with E-state index in [2.05, 4.69) is 5.32 Å². The van der Waals surface area contributed by atoms with Crippen molar-refractivity contribution in [3.8, 4) is 0 Å². The molecule has 0 atom stereocenters. The van der Waals surface area contributed by atoms with Gasteiger partial charge in [-0.3, -0.25) is 4.79 Å². The van der Waals surface area contributed by atoms with Gasteiger partial charge in [-0.05, 0) is 30.3 Å². The van der Waals surface area contributed by atoms with Crippen molar-refractivity contribution in [1.82, 2.24) is 4.90 Å². The van der Waals surface area contributed by atoms with Crippen molar-refractivity contribution < 1.29 is 13.6 Å². The predicted octanol–water partition coefficient (Wildman–Crippen LogP) is 3.12. The van der Waals surface area contributed by atoms with Crippen LogP contribution in [0.4, 0.5) is 20.2 Å². The van der Waals surface area contributed by atoms with E-state index in [1.807, 2.05) is 11.0 Å². The van der Waals surface area contributed by atoms with Crippen molar-refractivity contribution in [1.29, 1.82) is 0 Å². The molecular weight excluding hydrogens is 324 g/mol. The number of amides is 1. The Kier molecular flexibility index (Phi) is 5.48. The Morgan fingerprint density at radius 1 is 1.00 bits per heavy atom. The van der Waals surface area contributed by atoms with E-state index in [4.69, 9.17) is 0 Å². The minimum atomic E-state index is -0.305. The molecule has 0 bridgehead atoms. The number of halogens is 2. The summed E-state index contributed by atoms with van der Waals surface area (Å²) in [7, 11) is 0. The molecule has 0 saturated carbocycles. The van der Waals surface area contributed by atoms with Crippen LogP contribution in [0.1, 0.15) is 6.42 Å². The Labute approximate surface area is 146 Å². The second kappa shape index (κ2) is 7.96. The predicted molar refractivity (Wildman–Crippen MR) is 94.7 cm³/mol. The second-order valence-corrected chi connectivity index (χ2v) is 6.01. The van der Waals surface area contributed by atoms with Gasteiger partial charge >= 0.3 is 0 Å². The topological polar surface area (TPSA) is 35.6 Å². The molecule has 0 spiro atoms. The molecule has 1 saturated heterocycles. The number of carbonyl (C=O) groups is 1. The molecule has 1 fully saturated rings. The van der Waals surface area contributed by atoms with Gasteiger partial charge in [0.05, 0.1) is 5.69 Å². The largest absolute Gasteiger partial charge is 0.384 e. The van der Waals surface area contributed by atoms with Gasteiger partial charge in [0.2, 0.25) is 5.91 Å². The van der Waals surface area contributed by atoms with E-state index in [1.165, 1.54) is 18.2 Å². The fraction of sp³-hybridized carbons (Fsp3) is 0.316. The molecule has 1 amide bonds. The Bertz CT molecular complexity index is 730. The van der Waals surface area contributed by atoms with Crippen LogP contribution in [0.25, 0.3) is 0 Å². The normalized spacial score (nSPS) is 14.5. The zero-order valence-corrected chi connectivity index (χ0v) is 13.9. The fourth-order valence-corrected chi connectivity index (χ4v) is 2.98. The molecule has 4 nitrogen and oxygen atoms in total. The zero-order chi connectivity index (χ0) is 17.6. The van der Waals surface area contributed by atoms with E-state index >= 15 is 0 Å². The van der Waals surface area contributed by atoms with E-state index in [-0.39, 0.29) is 17.5 Å². The number of piperazine rings is 1. The van der Waals surface area contributed by atoms with Crippen LogP contribution in [0.5, 0.6) is 0 Å². The van der Waals surface area contributed by atoms with Crippen molar-refractivity contribution in [2.24, 2.45) is 0 Å². The van der Waals surface area contributed by atoms with E-state index in [0.717, 1.165) is 0 Å². The van der Waals surface area contributed by atoms with Gasteiger partial charge in [-0.25, -0.2) is 8.78 Å². The standard InChI is InChI=1S/C19H21F2N3O/c20-15-4-3-5-16(14-15)22-9-8-19(25)24-12-10-23(11-13-24)18-7-2-1-6-17(18)21/h1-7,14,22H,8-13H2. The molecule has 0 aliphatic carbocycles. The molecule has 132 valence electrons. The summed E-state index contributed by atoms with van der Waals surface area (Å²) in [6.07, 6.45) is 0.343. The van der Waals surface area contributed by atoms with Crippen molar-refractivity contribution in [3.63, 3.8) is 0 Å². The number of benzene rings is 2. The van der Waals surface area contributed by atoms with Crippen molar-refractivity contribution in [2.75, 3.05) is 42.9 Å². The maximum absolute atomic E-state index is 13.8. The van der Waals surface area contributed by atoms with Gasteiger partial charge in [0.1, 0.15) is 11.6 Å². The molecule has 6 heteroatoms. The third-order valence-corrected chi connectivity index (χ3v) is 4.32. The van der Waals surface area contributed by atoms with Crippen LogP contribution in [-0.4, -0.2) is 43.5 Å². The molecule has 0 aromatic heterocycles. The number of nitrogens with zero attached hydrogens (tertiary/aromatic N) is 2. The second-order valence-electron chi connectivity index (χ2n) is 6.01. The van der Waals surface area contributed by atoms with Crippen LogP contribution < -0.4 is 10.2 Å². The average Bonchev–Trinajstić information content (AvgIpc) is 2.62. The fourth-order valence-electron chi connectivity index (χ4n) is 2.98. The van der Waals surface area contributed by atoms with Gasteiger partial charge in [0.25, 0.3) is 0 Å². The molecule has 25 heavy (non-hydrogen) atoms. The van der Waals surface area contributed by atoms with Crippen molar-refractivity contribution in [3.05, 3.63) is 60.2 Å². The van der Waals surface area contributed by atoms with Gasteiger partial charge < -0.3 is 15.1 Å². The molecule has 2 aromatic carbocycles. The maximum Gasteiger partial charge on any atom is 0.224 e. The first kappa shape index (κ1) is 17.2. The number of carbonyl (C=O) groups excluding carboxylic acids is 1. The highest BCUT2D eigenvalue weighted by molar-refractivity contribution is 5.77. The molecule has 2 aromatic rings. The third-order valence-electron chi connectivity index (χ3n) is 4.32. The minimum Gasteiger partial charge on any atom is -0.384 e. The van der Waals surface area contributed by atoms with Crippen molar-refractivity contribution in [2.45, 2.75) is 6.42 Å². The summed E-state index contributed by atoms with van der Waals surface area (Å²) in [5, 5.41) is 3.05. The monoisotopic (exact) mass is 345 g/mol. The van der Waals surface area contributed by atoms with Crippen LogP contribution in [0.15, 0.2) is 48.5 Å². The molecule has 1 N–H and O–H groups in total. The number of nitrogens with one attached hydrogen (secondary N) is 1. The Morgan fingerprint density at radius 2 is 1.76 bits per heavy atom. The van der Waals surface area contributed by atoms with E-state index in [9.17, 15) is 13.6 Å². The highest BCUT2D eigenvalue weighted by Gasteiger charge is 2.22. The molecule has 0 radical (unpaired) electrons. The number of hydrogen-bond acceptors (Lipinski definition) is 3. The summed E-state index contributed by atoms with van der Waals surface area (Å²) in [5.41, 5.74) is 1.25. The molecule has 1 aliphatic rings. The summed E-state index contributed by atoms with van der Waals surface area (Å²) in [6, 6.07) is 12.9. The van der Waals surface area contributed by atoms with Crippen LogP contribution in [0, 0.1) is 11.6 Å². The number of anilines is 2. The lowest BCUT2D eigenvalue weighted by Crippen LogP contribution is -2.49. The molecule has 0 unspecified atom stereocenters. The number of para-hydroxylation sites is 1. The van der Waals surface area contributed by atoms with Crippen LogP contribution >= 0.6 is 0 Å². The van der Waals surface area contributed by atoms with Gasteiger partial charge in [0.15, 0.2) is 0 Å². The lowest BCUT2D eigenvalue weighted by atomic mass is 10.2. The summed E-state index contributed by atoms with van der Waals surface area (Å²) >= 11 is 0. The van der Waals surface area contributed by atoms with Gasteiger partial charge in [-0.2, -0.15) is 0 Å². The zero-order valence-electron chi connectivity index (χ0n) is 13.9. The summed E-state index contributed by atoms with van der Waals surface area (Å²) in [6.45, 7) is 2.84. The first-order chi connectivity index (χ1) is 12.1. The summed E-state index contributed by atoms with van der Waals surface area (Å²) < 4.78 is 26.9. The molecule has 1 aliphatic heterocycles. The lowest BCUT2D eigenvalue weighted by Gasteiger charge is -2.36. The van der Waals surface area contributed by atoms with E-state index < -0.39 is 0 Å². The highest BCUT2D eigenvalue weighted by atomic mass is 19.1. The quantitative estimate of drug-likeness (QED) is 0.904. The van der Waals surface area contributed by atoms with Crippen LogP contribution in [0.3, 0.4) is 0 Å². The Morgan fingerprint density at radius 3 is 2.48 bits per heavy atom. The van der Waals surface area contributed by atoms with Crippen molar-refractivity contribution >= 4 is 17.3 Å². The SMILES string of the molecule is O=C(CCNc1cccc(F)c1)N1CCN(c2ccccc2F)CC1.